The molecule has 0 saturated carbocycles. The number of nitrogens with one attached hydrogen (secondary N) is 3. The van der Waals surface area contributed by atoms with E-state index in [1.165, 1.54) is 11.3 Å². The fourth-order valence-electron chi connectivity index (χ4n) is 4.28. The highest BCUT2D eigenvalue weighted by molar-refractivity contribution is 5.84. The normalized spacial score (nSPS) is 24.2. The number of unbranched alkanes of at least 4 members (excludes halogenated alkanes) is 1. The van der Waals surface area contributed by atoms with Gasteiger partial charge in [-0.3, -0.25) is 4.99 Å². The van der Waals surface area contributed by atoms with Gasteiger partial charge in [0.2, 0.25) is 0 Å². The average molecular weight is 416 g/mol. The number of benzene rings is 1. The van der Waals surface area contributed by atoms with Crippen LogP contribution in [0, 0.1) is 0 Å². The van der Waals surface area contributed by atoms with Gasteiger partial charge in [-0.25, -0.2) is 9.69 Å². The molecule has 5 N–H and O–H groups in total. The maximum absolute atomic E-state index is 12.9. The Morgan fingerprint density at radius 2 is 2.07 bits per heavy atom. The average Bonchev–Trinajstić information content (AvgIpc) is 2.73. The van der Waals surface area contributed by atoms with Crippen LogP contribution in [0.5, 0.6) is 0 Å². The predicted octanol–water partition coefficient (Wildman–Crippen LogP) is 1.82. The number of hydrogen-bond donors (Lipinski definition) is 4. The Morgan fingerprint density at radius 3 is 2.83 bits per heavy atom. The molecule has 30 heavy (non-hydrogen) atoms. The topological polar surface area (TPSA) is 98.0 Å². The van der Waals surface area contributed by atoms with Gasteiger partial charge < -0.3 is 26.6 Å². The lowest BCUT2D eigenvalue weighted by Gasteiger charge is -2.41. The first-order valence-electron chi connectivity index (χ1n) is 11.1. The van der Waals surface area contributed by atoms with E-state index < -0.39 is 0 Å². The second-order valence-electron chi connectivity index (χ2n) is 8.20. The van der Waals surface area contributed by atoms with Crippen LogP contribution in [0.1, 0.15) is 45.1 Å². The van der Waals surface area contributed by atoms with Gasteiger partial charge in [0.25, 0.3) is 0 Å². The molecule has 3 unspecified atom stereocenters. The highest BCUT2D eigenvalue weighted by atomic mass is 16.2. The summed E-state index contributed by atoms with van der Waals surface area (Å²) in [5, 5.41) is 9.75. The Morgan fingerprint density at radius 1 is 1.27 bits per heavy atom. The molecule has 1 aromatic carbocycles. The van der Waals surface area contributed by atoms with Crippen molar-refractivity contribution >= 4 is 17.4 Å². The van der Waals surface area contributed by atoms with Crippen molar-refractivity contribution in [2.24, 2.45) is 10.7 Å². The fourth-order valence-corrected chi connectivity index (χ4v) is 4.28. The summed E-state index contributed by atoms with van der Waals surface area (Å²) in [4.78, 5) is 22.0. The molecule has 0 aliphatic carbocycles. The number of carbonyl (C=O) groups excluding carboxylic acids is 1. The van der Waals surface area contributed by atoms with Crippen LogP contribution in [0.3, 0.4) is 0 Å². The second kappa shape index (κ2) is 10.7. The molecular weight excluding hydrogens is 378 g/mol. The van der Waals surface area contributed by atoms with E-state index in [2.05, 4.69) is 50.9 Å². The monoisotopic (exact) mass is 415 g/mol. The zero-order chi connectivity index (χ0) is 21.5. The summed E-state index contributed by atoms with van der Waals surface area (Å²) in [6.45, 7) is 6.39. The van der Waals surface area contributed by atoms with Crippen LogP contribution in [-0.4, -0.2) is 61.9 Å². The van der Waals surface area contributed by atoms with Crippen LogP contribution < -0.4 is 26.6 Å². The molecule has 0 radical (unpaired) electrons. The minimum absolute atomic E-state index is 0.0381. The zero-order valence-corrected chi connectivity index (χ0v) is 18.5. The lowest BCUT2D eigenvalue weighted by Crippen LogP contribution is -2.62. The minimum atomic E-state index is -0.373. The summed E-state index contributed by atoms with van der Waals surface area (Å²) in [6, 6.07) is 8.18. The van der Waals surface area contributed by atoms with E-state index in [9.17, 15) is 4.79 Å². The Labute approximate surface area is 180 Å². The van der Waals surface area contributed by atoms with Crippen molar-refractivity contribution in [1.82, 2.24) is 20.9 Å². The number of aliphatic imine (C=N–C) groups is 1. The first-order chi connectivity index (χ1) is 14.5. The number of urea groups is 1. The summed E-state index contributed by atoms with van der Waals surface area (Å²) < 4.78 is 0. The maximum atomic E-state index is 12.9. The van der Waals surface area contributed by atoms with Crippen LogP contribution in [0.25, 0.3) is 0 Å². The van der Waals surface area contributed by atoms with Crippen LogP contribution >= 0.6 is 0 Å². The van der Waals surface area contributed by atoms with Crippen molar-refractivity contribution in [2.75, 3.05) is 31.6 Å². The van der Waals surface area contributed by atoms with Gasteiger partial charge in [0.1, 0.15) is 6.17 Å². The van der Waals surface area contributed by atoms with Gasteiger partial charge in [-0.05, 0) is 37.8 Å². The van der Waals surface area contributed by atoms with Gasteiger partial charge in [0.05, 0.1) is 6.17 Å². The Balaban J connectivity index is 1.65. The van der Waals surface area contributed by atoms with Gasteiger partial charge in [-0.2, -0.15) is 0 Å². The first-order valence-corrected chi connectivity index (χ1v) is 11.1. The molecule has 8 heteroatoms. The zero-order valence-electron chi connectivity index (χ0n) is 18.5. The van der Waals surface area contributed by atoms with Crippen LogP contribution in [0.4, 0.5) is 10.5 Å². The molecule has 2 amide bonds. The maximum Gasteiger partial charge on any atom is 0.319 e. The van der Waals surface area contributed by atoms with Crippen molar-refractivity contribution in [1.29, 1.82) is 0 Å². The molecule has 2 heterocycles. The molecule has 0 saturated heterocycles. The number of anilines is 1. The number of nitrogens with two attached hydrogens (primary N) is 1. The van der Waals surface area contributed by atoms with Crippen molar-refractivity contribution in [3.05, 3.63) is 29.8 Å². The summed E-state index contributed by atoms with van der Waals surface area (Å²) in [7, 11) is 2.03. The van der Waals surface area contributed by atoms with Crippen molar-refractivity contribution in [2.45, 2.75) is 64.6 Å². The molecule has 0 spiro atoms. The second-order valence-corrected chi connectivity index (χ2v) is 8.20. The highest BCUT2D eigenvalue weighted by Crippen LogP contribution is 2.28. The largest absolute Gasteiger partial charge is 0.354 e. The van der Waals surface area contributed by atoms with Crippen LogP contribution in [-0.2, 0) is 6.42 Å². The third-order valence-corrected chi connectivity index (χ3v) is 5.92. The molecule has 3 rings (SSSR count). The summed E-state index contributed by atoms with van der Waals surface area (Å²) >= 11 is 0. The van der Waals surface area contributed by atoms with Gasteiger partial charge in [-0.1, -0.05) is 31.5 Å². The van der Waals surface area contributed by atoms with Gasteiger partial charge >= 0.3 is 6.03 Å². The molecule has 2 aliphatic rings. The van der Waals surface area contributed by atoms with Crippen LogP contribution in [0.2, 0.25) is 0 Å². The standard InChI is InChI=1S/C22H37N7O/c1-4-5-14-29-20(24-13-12-23)15-16(2)25-21(29)27-22(30)26-19-11-10-17-8-6-7-9-18(17)28(19)3/h6-9,19-21,24H,4-5,10-15,23H2,1-3H3,(H2,26,27,30). The Hall–Kier alpha value is -2.16. The van der Waals surface area contributed by atoms with Crippen molar-refractivity contribution in [3.63, 3.8) is 0 Å². The molecular formula is C22H37N7O. The lowest BCUT2D eigenvalue weighted by atomic mass is 10.0. The smallest absolute Gasteiger partial charge is 0.319 e. The first kappa shape index (κ1) is 22.5. The van der Waals surface area contributed by atoms with Gasteiger partial charge in [0.15, 0.2) is 6.29 Å². The minimum Gasteiger partial charge on any atom is -0.354 e. The lowest BCUT2D eigenvalue weighted by molar-refractivity contribution is 0.0889. The Bertz CT molecular complexity index is 738. The third kappa shape index (κ3) is 5.50. The predicted molar refractivity (Wildman–Crippen MR) is 123 cm³/mol. The molecule has 2 aliphatic heterocycles. The number of aryl methyl sites for hydroxylation is 1. The number of amides is 2. The third-order valence-electron chi connectivity index (χ3n) is 5.92. The molecule has 0 bridgehead atoms. The van der Waals surface area contributed by atoms with Gasteiger partial charge in [0, 0.05) is 44.5 Å². The molecule has 3 atom stereocenters. The van der Waals surface area contributed by atoms with Gasteiger partial charge in [-0.15, -0.1) is 0 Å². The molecule has 166 valence electrons. The number of para-hydroxylation sites is 1. The summed E-state index contributed by atoms with van der Waals surface area (Å²) in [5.41, 5.74) is 9.23. The van der Waals surface area contributed by atoms with E-state index in [1.807, 2.05) is 20.0 Å². The van der Waals surface area contributed by atoms with E-state index >= 15 is 0 Å². The van der Waals surface area contributed by atoms with Crippen molar-refractivity contribution in [3.8, 4) is 0 Å². The van der Waals surface area contributed by atoms with Crippen LogP contribution in [0.15, 0.2) is 29.3 Å². The molecule has 8 nitrogen and oxygen atoms in total. The number of carbonyl (C=O) groups is 1. The van der Waals surface area contributed by atoms with E-state index in [0.29, 0.717) is 6.54 Å². The highest BCUT2D eigenvalue weighted by Gasteiger charge is 2.32. The number of nitrogens with zero attached hydrogens (tertiary/aromatic N) is 3. The van der Waals surface area contributed by atoms with E-state index in [1.54, 1.807) is 0 Å². The SMILES string of the molecule is CCCCN1C(NCCN)CC(C)=NC1NC(=O)NC1CCc2ccccc2N1C. The van der Waals surface area contributed by atoms with E-state index in [4.69, 9.17) is 10.7 Å². The van der Waals surface area contributed by atoms with Crippen molar-refractivity contribution < 1.29 is 4.79 Å². The number of hydrogen-bond acceptors (Lipinski definition) is 6. The number of fused-ring (bicyclic) bond motifs is 1. The van der Waals surface area contributed by atoms with E-state index in [-0.39, 0.29) is 24.7 Å². The number of rotatable bonds is 8. The quantitative estimate of drug-likeness (QED) is 0.519. The Kier molecular flexibility index (Phi) is 8.07. The summed E-state index contributed by atoms with van der Waals surface area (Å²) in [5.74, 6) is 0. The molecule has 0 aromatic heterocycles. The molecule has 1 aromatic rings. The molecule has 0 fully saturated rings. The summed E-state index contributed by atoms with van der Waals surface area (Å²) in [6.07, 6.45) is 4.54. The van der Waals surface area contributed by atoms with E-state index in [0.717, 1.165) is 50.9 Å². The fraction of sp³-hybridized carbons (Fsp3) is 0.636.